The highest BCUT2D eigenvalue weighted by molar-refractivity contribution is 5.78. The minimum Gasteiger partial charge on any atom is -0.352 e. The number of benzene rings is 1. The van der Waals surface area contributed by atoms with Gasteiger partial charge in [-0.2, -0.15) is 0 Å². The van der Waals surface area contributed by atoms with Crippen LogP contribution in [0.5, 0.6) is 0 Å². The standard InChI is InChI=1S/C14H20N2O/c17-14(16-13-8-9-13)11-15-10-4-7-12-5-2-1-3-6-12/h1-3,5-6,13,15H,4,7-11H2,(H,16,17). The summed E-state index contributed by atoms with van der Waals surface area (Å²) >= 11 is 0. The fourth-order valence-corrected chi connectivity index (χ4v) is 1.77. The van der Waals surface area contributed by atoms with E-state index in [-0.39, 0.29) is 5.91 Å². The first-order valence-corrected chi connectivity index (χ1v) is 6.38. The lowest BCUT2D eigenvalue weighted by Gasteiger charge is -2.05. The monoisotopic (exact) mass is 232 g/mol. The lowest BCUT2D eigenvalue weighted by atomic mass is 10.1. The van der Waals surface area contributed by atoms with Crippen LogP contribution in [0.3, 0.4) is 0 Å². The van der Waals surface area contributed by atoms with Gasteiger partial charge in [-0.25, -0.2) is 0 Å². The molecule has 2 N–H and O–H groups in total. The number of rotatable bonds is 7. The van der Waals surface area contributed by atoms with Crippen molar-refractivity contribution < 1.29 is 4.79 Å². The number of carbonyl (C=O) groups excluding carboxylic acids is 1. The predicted octanol–water partition coefficient (Wildman–Crippen LogP) is 1.49. The Morgan fingerprint density at radius 1 is 1.24 bits per heavy atom. The molecule has 92 valence electrons. The lowest BCUT2D eigenvalue weighted by Crippen LogP contribution is -2.35. The van der Waals surface area contributed by atoms with Gasteiger partial charge in [-0.05, 0) is 37.8 Å². The Hall–Kier alpha value is -1.35. The summed E-state index contributed by atoms with van der Waals surface area (Å²) in [5.41, 5.74) is 1.36. The summed E-state index contributed by atoms with van der Waals surface area (Å²) in [4.78, 5) is 11.4. The van der Waals surface area contributed by atoms with Gasteiger partial charge >= 0.3 is 0 Å². The van der Waals surface area contributed by atoms with Crippen molar-refractivity contribution in [2.24, 2.45) is 0 Å². The number of hydrogen-bond acceptors (Lipinski definition) is 2. The minimum absolute atomic E-state index is 0.132. The molecule has 3 nitrogen and oxygen atoms in total. The number of hydrogen-bond donors (Lipinski definition) is 2. The Bertz CT molecular complexity index is 346. The van der Waals surface area contributed by atoms with Gasteiger partial charge in [0.05, 0.1) is 6.54 Å². The average molecular weight is 232 g/mol. The molecule has 0 aromatic heterocycles. The SMILES string of the molecule is O=C(CNCCCc1ccccc1)NC1CC1. The van der Waals surface area contributed by atoms with Crippen molar-refractivity contribution in [2.45, 2.75) is 31.7 Å². The second kappa shape index (κ2) is 6.40. The van der Waals surface area contributed by atoms with Gasteiger partial charge in [0.2, 0.25) is 5.91 Å². The van der Waals surface area contributed by atoms with Gasteiger partial charge in [0, 0.05) is 6.04 Å². The van der Waals surface area contributed by atoms with Crippen molar-refractivity contribution >= 4 is 5.91 Å². The smallest absolute Gasteiger partial charge is 0.234 e. The Morgan fingerprint density at radius 3 is 2.71 bits per heavy atom. The van der Waals surface area contributed by atoms with E-state index in [1.165, 1.54) is 5.56 Å². The van der Waals surface area contributed by atoms with E-state index in [4.69, 9.17) is 0 Å². The maximum Gasteiger partial charge on any atom is 0.234 e. The van der Waals surface area contributed by atoms with Crippen LogP contribution in [0.4, 0.5) is 0 Å². The molecule has 0 spiro atoms. The quantitative estimate of drug-likeness (QED) is 0.699. The van der Waals surface area contributed by atoms with E-state index in [0.717, 1.165) is 32.2 Å². The molecule has 0 aliphatic heterocycles. The second-order valence-electron chi connectivity index (χ2n) is 4.61. The van der Waals surface area contributed by atoms with Gasteiger partial charge < -0.3 is 10.6 Å². The molecule has 0 bridgehead atoms. The van der Waals surface area contributed by atoms with Gasteiger partial charge in [0.15, 0.2) is 0 Å². The van der Waals surface area contributed by atoms with Crippen LogP contribution >= 0.6 is 0 Å². The molecule has 0 atom stereocenters. The van der Waals surface area contributed by atoms with Crippen LogP contribution in [0.2, 0.25) is 0 Å². The molecular weight excluding hydrogens is 212 g/mol. The molecule has 0 heterocycles. The first-order valence-electron chi connectivity index (χ1n) is 6.38. The Labute approximate surface area is 103 Å². The van der Waals surface area contributed by atoms with Crippen molar-refractivity contribution in [2.75, 3.05) is 13.1 Å². The van der Waals surface area contributed by atoms with E-state index in [9.17, 15) is 4.79 Å². The van der Waals surface area contributed by atoms with E-state index < -0.39 is 0 Å². The number of amides is 1. The van der Waals surface area contributed by atoms with Gasteiger partial charge in [-0.3, -0.25) is 4.79 Å². The molecular formula is C14H20N2O. The molecule has 2 rings (SSSR count). The molecule has 3 heteroatoms. The predicted molar refractivity (Wildman–Crippen MR) is 68.8 cm³/mol. The zero-order valence-corrected chi connectivity index (χ0v) is 10.1. The number of aryl methyl sites for hydroxylation is 1. The van der Waals surface area contributed by atoms with E-state index in [2.05, 4.69) is 34.9 Å². The van der Waals surface area contributed by atoms with Crippen molar-refractivity contribution in [3.63, 3.8) is 0 Å². The molecule has 1 amide bonds. The third-order valence-electron chi connectivity index (χ3n) is 2.89. The molecule has 0 radical (unpaired) electrons. The van der Waals surface area contributed by atoms with Crippen LogP contribution in [0.15, 0.2) is 30.3 Å². The van der Waals surface area contributed by atoms with Crippen molar-refractivity contribution in [3.05, 3.63) is 35.9 Å². The molecule has 17 heavy (non-hydrogen) atoms. The summed E-state index contributed by atoms with van der Waals surface area (Å²) in [6.07, 6.45) is 4.44. The van der Waals surface area contributed by atoms with Gasteiger partial charge in [-0.1, -0.05) is 30.3 Å². The molecule has 1 fully saturated rings. The summed E-state index contributed by atoms with van der Waals surface area (Å²) in [5, 5.41) is 6.14. The summed E-state index contributed by atoms with van der Waals surface area (Å²) in [5.74, 6) is 0.132. The van der Waals surface area contributed by atoms with Gasteiger partial charge in [-0.15, -0.1) is 0 Å². The topological polar surface area (TPSA) is 41.1 Å². The second-order valence-corrected chi connectivity index (χ2v) is 4.61. The van der Waals surface area contributed by atoms with Crippen molar-refractivity contribution in [3.8, 4) is 0 Å². The fraction of sp³-hybridized carbons (Fsp3) is 0.500. The highest BCUT2D eigenvalue weighted by atomic mass is 16.2. The Kier molecular flexibility index (Phi) is 4.56. The molecule has 1 aliphatic carbocycles. The summed E-state index contributed by atoms with van der Waals surface area (Å²) in [6.45, 7) is 1.35. The first-order chi connectivity index (χ1) is 8.34. The van der Waals surface area contributed by atoms with E-state index in [0.29, 0.717) is 12.6 Å². The minimum atomic E-state index is 0.132. The number of carbonyl (C=O) groups is 1. The van der Waals surface area contributed by atoms with Crippen LogP contribution in [-0.2, 0) is 11.2 Å². The van der Waals surface area contributed by atoms with E-state index in [1.54, 1.807) is 0 Å². The molecule has 0 saturated heterocycles. The van der Waals surface area contributed by atoms with Gasteiger partial charge in [0.1, 0.15) is 0 Å². The van der Waals surface area contributed by atoms with Crippen LogP contribution in [0, 0.1) is 0 Å². The fourth-order valence-electron chi connectivity index (χ4n) is 1.77. The maximum absolute atomic E-state index is 11.4. The third kappa shape index (κ3) is 5.00. The molecule has 1 aromatic carbocycles. The normalized spacial score (nSPS) is 14.6. The van der Waals surface area contributed by atoms with Crippen LogP contribution in [0.25, 0.3) is 0 Å². The van der Waals surface area contributed by atoms with E-state index >= 15 is 0 Å². The van der Waals surface area contributed by atoms with Crippen molar-refractivity contribution in [1.82, 2.24) is 10.6 Å². The highest BCUT2D eigenvalue weighted by Crippen LogP contribution is 2.18. The molecule has 1 aromatic rings. The Balaban J connectivity index is 1.50. The first kappa shape index (κ1) is 12.1. The van der Waals surface area contributed by atoms with Crippen LogP contribution in [-0.4, -0.2) is 25.0 Å². The molecule has 1 aliphatic rings. The molecule has 0 unspecified atom stereocenters. The molecule has 1 saturated carbocycles. The summed E-state index contributed by atoms with van der Waals surface area (Å²) < 4.78 is 0. The number of nitrogens with one attached hydrogen (secondary N) is 2. The largest absolute Gasteiger partial charge is 0.352 e. The lowest BCUT2D eigenvalue weighted by molar-refractivity contribution is -0.120. The van der Waals surface area contributed by atoms with E-state index in [1.807, 2.05) is 6.07 Å². The Morgan fingerprint density at radius 2 is 2.00 bits per heavy atom. The zero-order chi connectivity index (χ0) is 11.9. The van der Waals surface area contributed by atoms with Crippen LogP contribution in [0.1, 0.15) is 24.8 Å². The van der Waals surface area contributed by atoms with Gasteiger partial charge in [0.25, 0.3) is 0 Å². The average Bonchev–Trinajstić information content (AvgIpc) is 3.14. The van der Waals surface area contributed by atoms with Crippen LogP contribution < -0.4 is 10.6 Å². The van der Waals surface area contributed by atoms with Crippen molar-refractivity contribution in [1.29, 1.82) is 0 Å². The third-order valence-corrected chi connectivity index (χ3v) is 2.89. The highest BCUT2D eigenvalue weighted by Gasteiger charge is 2.22. The summed E-state index contributed by atoms with van der Waals surface area (Å²) in [7, 11) is 0. The maximum atomic E-state index is 11.4. The summed E-state index contributed by atoms with van der Waals surface area (Å²) in [6, 6.07) is 10.9. The zero-order valence-electron chi connectivity index (χ0n) is 10.1.